The Hall–Kier alpha value is -3.62. The zero-order valence-electron chi connectivity index (χ0n) is 22.9. The van der Waals surface area contributed by atoms with Crippen LogP contribution >= 0.6 is 11.6 Å². The van der Waals surface area contributed by atoms with Crippen molar-refractivity contribution in [2.24, 2.45) is 0 Å². The SMILES string of the molecule is C=Cc1ncc2n1CCN(c1nc(OC[C@@H]3CCCN3C)nc3c1CCN(c1cccc4cccc(Cl)c14)C3)C2. The molecular formula is C31H34ClN7O. The zero-order valence-corrected chi connectivity index (χ0v) is 23.6. The Morgan fingerprint density at radius 3 is 2.75 bits per heavy atom. The smallest absolute Gasteiger partial charge is 0.318 e. The van der Waals surface area contributed by atoms with Gasteiger partial charge in [0.05, 0.1) is 35.7 Å². The fourth-order valence-corrected chi connectivity index (χ4v) is 6.75. The van der Waals surface area contributed by atoms with E-state index in [-0.39, 0.29) is 0 Å². The van der Waals surface area contributed by atoms with Gasteiger partial charge in [-0.2, -0.15) is 9.97 Å². The summed E-state index contributed by atoms with van der Waals surface area (Å²) in [5.41, 5.74) is 4.56. The third-order valence-electron chi connectivity index (χ3n) is 8.67. The molecule has 1 saturated heterocycles. The summed E-state index contributed by atoms with van der Waals surface area (Å²) in [7, 11) is 2.17. The summed E-state index contributed by atoms with van der Waals surface area (Å²) in [5.74, 6) is 1.91. The number of nitrogens with zero attached hydrogens (tertiary/aromatic N) is 7. The minimum Gasteiger partial charge on any atom is -0.462 e. The fraction of sp³-hybridized carbons (Fsp3) is 0.387. The van der Waals surface area contributed by atoms with E-state index in [9.17, 15) is 0 Å². The zero-order chi connectivity index (χ0) is 27.2. The average molecular weight is 556 g/mol. The van der Waals surface area contributed by atoms with E-state index in [4.69, 9.17) is 26.3 Å². The minimum absolute atomic E-state index is 0.402. The quantitative estimate of drug-likeness (QED) is 0.325. The lowest BCUT2D eigenvalue weighted by molar-refractivity contribution is 0.187. The molecule has 206 valence electrons. The van der Waals surface area contributed by atoms with Gasteiger partial charge >= 0.3 is 6.01 Å². The molecule has 1 atom stereocenters. The van der Waals surface area contributed by atoms with Gasteiger partial charge in [0.2, 0.25) is 0 Å². The molecule has 0 bridgehead atoms. The van der Waals surface area contributed by atoms with Crippen LogP contribution in [0.1, 0.15) is 35.6 Å². The normalized spacial score (nSPS) is 19.1. The molecule has 2 aromatic heterocycles. The number of imidazole rings is 1. The summed E-state index contributed by atoms with van der Waals surface area (Å²) in [5, 5.41) is 3.01. The predicted molar refractivity (Wildman–Crippen MR) is 160 cm³/mol. The number of benzene rings is 2. The molecule has 0 N–H and O–H groups in total. The number of hydrogen-bond acceptors (Lipinski definition) is 7. The van der Waals surface area contributed by atoms with E-state index < -0.39 is 0 Å². The summed E-state index contributed by atoms with van der Waals surface area (Å²) < 4.78 is 8.56. The van der Waals surface area contributed by atoms with Crippen LogP contribution in [0.2, 0.25) is 5.02 Å². The largest absolute Gasteiger partial charge is 0.462 e. The van der Waals surface area contributed by atoms with Crippen molar-refractivity contribution in [1.29, 1.82) is 0 Å². The number of rotatable bonds is 6. The van der Waals surface area contributed by atoms with E-state index in [2.05, 4.69) is 62.1 Å². The molecule has 8 nitrogen and oxygen atoms in total. The standard InChI is InChI=1S/C31H34ClN7O/c1-3-28-33-17-23-18-38(15-16-39(23)28)30-24-12-14-37(27-11-5-8-21-7-4-10-25(32)29(21)27)19-26(24)34-31(35-30)40-20-22-9-6-13-36(22)2/h3-5,7-8,10-11,17,22H,1,6,9,12-16,18-20H2,2H3/t22-/m0/s1. The van der Waals surface area contributed by atoms with Crippen molar-refractivity contribution in [1.82, 2.24) is 24.4 Å². The molecule has 0 radical (unpaired) electrons. The minimum atomic E-state index is 0.402. The average Bonchev–Trinajstić information content (AvgIpc) is 3.60. The van der Waals surface area contributed by atoms with Gasteiger partial charge in [0.1, 0.15) is 18.2 Å². The first-order valence-corrected chi connectivity index (χ1v) is 14.5. The lowest BCUT2D eigenvalue weighted by Gasteiger charge is -2.36. The number of halogens is 1. The van der Waals surface area contributed by atoms with Gasteiger partial charge < -0.3 is 24.0 Å². The van der Waals surface area contributed by atoms with E-state index in [0.717, 1.165) is 84.4 Å². The number of likely N-dealkylation sites (N-methyl/N-ethyl adjacent to an activating group) is 1. The number of fused-ring (bicyclic) bond motifs is 3. The number of aromatic nitrogens is 4. The topological polar surface area (TPSA) is 62.6 Å². The van der Waals surface area contributed by atoms with Crippen molar-refractivity contribution >= 4 is 40.0 Å². The molecule has 0 amide bonds. The van der Waals surface area contributed by atoms with Gasteiger partial charge in [0.15, 0.2) is 0 Å². The fourth-order valence-electron chi connectivity index (χ4n) is 6.47. The van der Waals surface area contributed by atoms with E-state index in [0.29, 0.717) is 25.2 Å². The highest BCUT2D eigenvalue weighted by Gasteiger charge is 2.30. The number of likely N-dealkylation sites (tertiary alicyclic amines) is 1. The van der Waals surface area contributed by atoms with Gasteiger partial charge in [-0.25, -0.2) is 4.98 Å². The Kier molecular flexibility index (Phi) is 6.60. The Balaban J connectivity index is 1.24. The van der Waals surface area contributed by atoms with Crippen LogP contribution in [0.3, 0.4) is 0 Å². The molecule has 7 rings (SSSR count). The molecule has 0 saturated carbocycles. The van der Waals surface area contributed by atoms with Gasteiger partial charge in [-0.15, -0.1) is 0 Å². The summed E-state index contributed by atoms with van der Waals surface area (Å²) in [6.07, 6.45) is 6.98. The second-order valence-corrected chi connectivity index (χ2v) is 11.4. The number of anilines is 2. The summed E-state index contributed by atoms with van der Waals surface area (Å²) in [6.45, 7) is 9.63. The molecule has 3 aliphatic rings. The first-order chi connectivity index (χ1) is 19.6. The van der Waals surface area contributed by atoms with Gasteiger partial charge in [0, 0.05) is 42.3 Å². The first-order valence-electron chi connectivity index (χ1n) is 14.2. The molecular weight excluding hydrogens is 522 g/mol. The monoisotopic (exact) mass is 555 g/mol. The van der Waals surface area contributed by atoms with Gasteiger partial charge in [0.25, 0.3) is 0 Å². The predicted octanol–water partition coefficient (Wildman–Crippen LogP) is 5.18. The Bertz CT molecular complexity index is 1580. The van der Waals surface area contributed by atoms with Crippen LogP contribution in [0.15, 0.2) is 49.2 Å². The highest BCUT2D eigenvalue weighted by molar-refractivity contribution is 6.36. The van der Waals surface area contributed by atoms with Crippen LogP contribution in [-0.4, -0.2) is 63.7 Å². The van der Waals surface area contributed by atoms with E-state index in [1.54, 1.807) is 0 Å². The van der Waals surface area contributed by atoms with Crippen LogP contribution in [0.5, 0.6) is 6.01 Å². The van der Waals surface area contributed by atoms with Crippen molar-refractivity contribution < 1.29 is 4.74 Å². The van der Waals surface area contributed by atoms with Gasteiger partial charge in [-0.05, 0) is 56.4 Å². The molecule has 3 aliphatic heterocycles. The maximum absolute atomic E-state index is 6.71. The van der Waals surface area contributed by atoms with Crippen molar-refractivity contribution in [3.05, 3.63) is 77.0 Å². The Morgan fingerprint density at radius 2 is 1.93 bits per heavy atom. The Morgan fingerprint density at radius 1 is 1.05 bits per heavy atom. The van der Waals surface area contributed by atoms with Crippen LogP contribution in [0.25, 0.3) is 16.8 Å². The summed E-state index contributed by atoms with van der Waals surface area (Å²) in [6, 6.07) is 13.4. The van der Waals surface area contributed by atoms with Crippen molar-refractivity contribution in [3.8, 4) is 6.01 Å². The van der Waals surface area contributed by atoms with E-state index in [1.807, 2.05) is 24.4 Å². The molecule has 2 aromatic carbocycles. The van der Waals surface area contributed by atoms with Crippen LogP contribution < -0.4 is 14.5 Å². The highest BCUT2D eigenvalue weighted by Crippen LogP contribution is 2.37. The molecule has 1 fully saturated rings. The van der Waals surface area contributed by atoms with E-state index in [1.165, 1.54) is 17.7 Å². The first kappa shape index (κ1) is 25.4. The number of hydrogen-bond donors (Lipinski definition) is 0. The second kappa shape index (κ2) is 10.4. The molecule has 5 heterocycles. The van der Waals surface area contributed by atoms with Crippen LogP contribution in [0, 0.1) is 0 Å². The second-order valence-electron chi connectivity index (χ2n) is 11.0. The van der Waals surface area contributed by atoms with Gasteiger partial charge in [-0.1, -0.05) is 42.4 Å². The lowest BCUT2D eigenvalue weighted by atomic mass is 10.0. The lowest BCUT2D eigenvalue weighted by Crippen LogP contribution is -2.38. The van der Waals surface area contributed by atoms with Crippen molar-refractivity contribution in [2.45, 2.75) is 44.9 Å². The maximum atomic E-state index is 6.71. The number of ether oxygens (including phenoxy) is 1. The third-order valence-corrected chi connectivity index (χ3v) is 8.98. The third kappa shape index (κ3) is 4.49. The Labute approximate surface area is 239 Å². The molecule has 0 spiro atoms. The highest BCUT2D eigenvalue weighted by atomic mass is 35.5. The van der Waals surface area contributed by atoms with E-state index >= 15 is 0 Å². The molecule has 9 heteroatoms. The van der Waals surface area contributed by atoms with Crippen molar-refractivity contribution in [3.63, 3.8) is 0 Å². The summed E-state index contributed by atoms with van der Waals surface area (Å²) in [4.78, 5) is 21.7. The van der Waals surface area contributed by atoms with Crippen LogP contribution in [0.4, 0.5) is 11.5 Å². The molecule has 40 heavy (non-hydrogen) atoms. The molecule has 4 aromatic rings. The summed E-state index contributed by atoms with van der Waals surface area (Å²) >= 11 is 6.71. The molecule has 0 unspecified atom stereocenters. The molecule has 0 aliphatic carbocycles. The van der Waals surface area contributed by atoms with Crippen LogP contribution in [-0.2, 0) is 26.1 Å². The van der Waals surface area contributed by atoms with Crippen molar-refractivity contribution in [2.75, 3.05) is 43.1 Å². The maximum Gasteiger partial charge on any atom is 0.318 e. The van der Waals surface area contributed by atoms with Gasteiger partial charge in [-0.3, -0.25) is 0 Å².